The lowest BCUT2D eigenvalue weighted by atomic mass is 10.1. The highest BCUT2D eigenvalue weighted by Gasteiger charge is 2.39. The number of hydrogen-bond donors (Lipinski definition) is 0. The van der Waals surface area contributed by atoms with E-state index >= 15 is 0 Å². The van der Waals surface area contributed by atoms with Crippen LogP contribution in [0.4, 0.5) is 0 Å². The van der Waals surface area contributed by atoms with Gasteiger partial charge in [-0.05, 0) is 37.0 Å². The Hall–Kier alpha value is -1.79. The third kappa shape index (κ3) is 6.61. The first-order valence-corrected chi connectivity index (χ1v) is 11.5. The minimum atomic E-state index is -0.214. The van der Waals surface area contributed by atoms with Gasteiger partial charge in [0.05, 0.1) is 17.1 Å². The summed E-state index contributed by atoms with van der Waals surface area (Å²) in [5.41, 5.74) is 1.26. The number of carbonyl (C=O) groups is 2. The summed E-state index contributed by atoms with van der Waals surface area (Å²) in [6.07, 6.45) is 3.71. The first-order valence-electron chi connectivity index (χ1n) is 10.6. The van der Waals surface area contributed by atoms with Crippen LogP contribution >= 0.6 is 11.8 Å². The van der Waals surface area contributed by atoms with E-state index in [1.54, 1.807) is 0 Å². The Morgan fingerprint density at radius 1 is 0.931 bits per heavy atom. The molecule has 29 heavy (non-hydrogen) atoms. The van der Waals surface area contributed by atoms with Crippen molar-refractivity contribution >= 4 is 29.1 Å². The molecule has 2 amide bonds. The summed E-state index contributed by atoms with van der Waals surface area (Å²) in [5.74, 6) is 0.365. The molecule has 0 atom stereocenters. The molecule has 1 aliphatic heterocycles. The molecule has 0 saturated carbocycles. The molecule has 0 spiro atoms. The third-order valence-electron chi connectivity index (χ3n) is 4.41. The molecular weight excluding hydrogens is 386 g/mol. The second-order valence-corrected chi connectivity index (χ2v) is 8.91. The fourth-order valence-corrected chi connectivity index (χ4v) is 3.97. The molecular formula is C23H33NO4S. The maximum atomic E-state index is 13.1. The summed E-state index contributed by atoms with van der Waals surface area (Å²) in [6, 6.07) is 7.45. The average molecular weight is 420 g/mol. The van der Waals surface area contributed by atoms with E-state index in [4.69, 9.17) is 9.47 Å². The van der Waals surface area contributed by atoms with Crippen LogP contribution in [-0.2, 0) is 14.3 Å². The normalized spacial score (nSPS) is 14.4. The molecule has 160 valence electrons. The molecule has 0 aromatic heterocycles. The van der Waals surface area contributed by atoms with Crippen LogP contribution < -0.4 is 4.74 Å². The van der Waals surface area contributed by atoms with Crippen LogP contribution in [0.3, 0.4) is 0 Å². The highest BCUT2D eigenvalue weighted by atomic mass is 32.2. The fourth-order valence-electron chi connectivity index (χ4n) is 2.97. The van der Waals surface area contributed by atoms with Crippen molar-refractivity contribution < 1.29 is 19.1 Å². The monoisotopic (exact) mass is 419 g/mol. The zero-order chi connectivity index (χ0) is 21.2. The Labute approximate surface area is 178 Å². The Morgan fingerprint density at radius 2 is 1.62 bits per heavy atom. The summed E-state index contributed by atoms with van der Waals surface area (Å²) in [7, 11) is 0. The standard InChI is InChI=1S/C23H33NO4S/c1-5-7-15-27-16-8-13-24-22(25)20(21(23(24)26)29-17(3)4)18-9-11-19(12-10-18)28-14-6-2/h9-12,17H,5-8,13-16H2,1-4H3. The number of unbranched alkanes of at least 4 members (excludes halogenated alkanes) is 1. The molecule has 1 aliphatic rings. The lowest BCUT2D eigenvalue weighted by Crippen LogP contribution is -2.33. The Morgan fingerprint density at radius 3 is 2.24 bits per heavy atom. The van der Waals surface area contributed by atoms with Gasteiger partial charge in [0.15, 0.2) is 0 Å². The van der Waals surface area contributed by atoms with E-state index in [9.17, 15) is 9.59 Å². The SMILES string of the molecule is CCCCOCCCN1C(=O)C(SC(C)C)=C(c2ccc(OCCC)cc2)C1=O. The van der Waals surface area contributed by atoms with Crippen LogP contribution in [0.1, 0.15) is 58.9 Å². The van der Waals surface area contributed by atoms with Crippen molar-refractivity contribution in [3.8, 4) is 5.75 Å². The van der Waals surface area contributed by atoms with Gasteiger partial charge in [-0.25, -0.2) is 0 Å². The molecule has 0 unspecified atom stereocenters. The average Bonchev–Trinajstić information content (AvgIpc) is 2.93. The topological polar surface area (TPSA) is 55.8 Å². The lowest BCUT2D eigenvalue weighted by Gasteiger charge is -2.15. The summed E-state index contributed by atoms with van der Waals surface area (Å²) in [6.45, 7) is 10.5. The Balaban J connectivity index is 2.13. The molecule has 1 heterocycles. The molecule has 6 heteroatoms. The van der Waals surface area contributed by atoms with Crippen LogP contribution in [0.5, 0.6) is 5.75 Å². The quantitative estimate of drug-likeness (QED) is 0.336. The number of ether oxygens (including phenoxy) is 2. The first kappa shape index (κ1) is 23.5. The zero-order valence-electron chi connectivity index (χ0n) is 18.0. The van der Waals surface area contributed by atoms with Gasteiger partial charge in [0, 0.05) is 25.0 Å². The van der Waals surface area contributed by atoms with Crippen LogP contribution in [0, 0.1) is 0 Å². The van der Waals surface area contributed by atoms with E-state index in [-0.39, 0.29) is 17.1 Å². The predicted molar refractivity (Wildman–Crippen MR) is 119 cm³/mol. The van der Waals surface area contributed by atoms with Gasteiger partial charge in [-0.15, -0.1) is 11.8 Å². The number of imide groups is 1. The van der Waals surface area contributed by atoms with Crippen LogP contribution in [-0.4, -0.2) is 48.3 Å². The summed E-state index contributed by atoms with van der Waals surface area (Å²) in [5, 5.41) is 0.209. The molecule has 1 aromatic rings. The van der Waals surface area contributed by atoms with E-state index in [0.29, 0.717) is 36.7 Å². The molecule has 5 nitrogen and oxygen atoms in total. The molecule has 0 saturated heterocycles. The molecule has 0 radical (unpaired) electrons. The second kappa shape index (κ2) is 12.0. The van der Waals surface area contributed by atoms with Gasteiger partial charge in [0.25, 0.3) is 11.8 Å². The molecule has 2 rings (SSSR count). The fraction of sp³-hybridized carbons (Fsp3) is 0.565. The van der Waals surface area contributed by atoms with Crippen molar-refractivity contribution in [1.82, 2.24) is 4.90 Å². The summed E-state index contributed by atoms with van der Waals surface area (Å²) >= 11 is 1.45. The van der Waals surface area contributed by atoms with Gasteiger partial charge in [-0.1, -0.05) is 46.2 Å². The number of thioether (sulfide) groups is 1. The molecule has 1 aromatic carbocycles. The zero-order valence-corrected chi connectivity index (χ0v) is 18.8. The van der Waals surface area contributed by atoms with E-state index < -0.39 is 0 Å². The number of benzene rings is 1. The second-order valence-electron chi connectivity index (χ2n) is 7.32. The molecule has 0 N–H and O–H groups in total. The number of nitrogens with zero attached hydrogens (tertiary/aromatic N) is 1. The van der Waals surface area contributed by atoms with Crippen molar-refractivity contribution in [3.63, 3.8) is 0 Å². The minimum Gasteiger partial charge on any atom is -0.494 e. The third-order valence-corrected chi connectivity index (χ3v) is 5.49. The van der Waals surface area contributed by atoms with Crippen molar-refractivity contribution in [2.75, 3.05) is 26.4 Å². The van der Waals surface area contributed by atoms with Crippen LogP contribution in [0.2, 0.25) is 0 Å². The van der Waals surface area contributed by atoms with Crippen LogP contribution in [0.15, 0.2) is 29.2 Å². The first-order chi connectivity index (χ1) is 14.0. The van der Waals surface area contributed by atoms with Crippen molar-refractivity contribution in [2.45, 2.75) is 58.6 Å². The van der Waals surface area contributed by atoms with E-state index in [1.807, 2.05) is 38.1 Å². The lowest BCUT2D eigenvalue weighted by molar-refractivity contribution is -0.136. The van der Waals surface area contributed by atoms with Gasteiger partial charge in [-0.2, -0.15) is 0 Å². The summed E-state index contributed by atoms with van der Waals surface area (Å²) in [4.78, 5) is 28.0. The smallest absolute Gasteiger partial charge is 0.267 e. The predicted octanol–water partition coefficient (Wildman–Crippen LogP) is 4.90. The van der Waals surface area contributed by atoms with Gasteiger partial charge in [0.2, 0.25) is 0 Å². The van der Waals surface area contributed by atoms with Crippen LogP contribution in [0.25, 0.3) is 5.57 Å². The maximum Gasteiger partial charge on any atom is 0.267 e. The van der Waals surface area contributed by atoms with Gasteiger partial charge in [0.1, 0.15) is 5.75 Å². The van der Waals surface area contributed by atoms with Crippen molar-refractivity contribution in [1.29, 1.82) is 0 Å². The van der Waals surface area contributed by atoms with Gasteiger partial charge in [-0.3, -0.25) is 14.5 Å². The van der Waals surface area contributed by atoms with Crippen molar-refractivity contribution in [3.05, 3.63) is 34.7 Å². The van der Waals surface area contributed by atoms with E-state index in [0.717, 1.165) is 37.2 Å². The molecule has 0 aliphatic carbocycles. The van der Waals surface area contributed by atoms with Gasteiger partial charge >= 0.3 is 0 Å². The van der Waals surface area contributed by atoms with Gasteiger partial charge < -0.3 is 9.47 Å². The number of carbonyl (C=O) groups excluding carboxylic acids is 2. The largest absolute Gasteiger partial charge is 0.494 e. The Bertz CT molecular complexity index is 712. The molecule has 0 bridgehead atoms. The minimum absolute atomic E-state index is 0.191. The summed E-state index contributed by atoms with van der Waals surface area (Å²) < 4.78 is 11.2. The number of rotatable bonds is 13. The van der Waals surface area contributed by atoms with E-state index in [1.165, 1.54) is 16.7 Å². The highest BCUT2D eigenvalue weighted by molar-refractivity contribution is 8.04. The van der Waals surface area contributed by atoms with Crippen molar-refractivity contribution in [2.24, 2.45) is 0 Å². The molecule has 0 fully saturated rings. The highest BCUT2D eigenvalue weighted by Crippen LogP contribution is 2.38. The number of hydrogen-bond acceptors (Lipinski definition) is 5. The number of amides is 2. The van der Waals surface area contributed by atoms with E-state index in [2.05, 4.69) is 13.8 Å². The Kier molecular flexibility index (Phi) is 9.74. The maximum absolute atomic E-state index is 13.1.